The monoisotopic (exact) mass is 294 g/mol. The predicted octanol–water partition coefficient (Wildman–Crippen LogP) is 3.47. The predicted molar refractivity (Wildman–Crippen MR) is 89.0 cm³/mol. The molecule has 1 saturated carbocycles. The molecular formula is C18H34N2O+2. The van der Waals surface area contributed by atoms with E-state index >= 15 is 0 Å². The summed E-state index contributed by atoms with van der Waals surface area (Å²) in [5.74, 6) is 3.20. The second-order valence-corrected chi connectivity index (χ2v) is 7.17. The van der Waals surface area contributed by atoms with E-state index in [1.807, 2.05) is 7.05 Å². The molecule has 21 heavy (non-hydrogen) atoms. The van der Waals surface area contributed by atoms with E-state index in [1.165, 1.54) is 12.8 Å². The van der Waals surface area contributed by atoms with Crippen LogP contribution in [0.3, 0.4) is 0 Å². The van der Waals surface area contributed by atoms with E-state index in [-0.39, 0.29) is 11.8 Å². The fourth-order valence-corrected chi connectivity index (χ4v) is 3.25. The minimum absolute atomic E-state index is 0.161. The molecule has 0 aromatic carbocycles. The van der Waals surface area contributed by atoms with Gasteiger partial charge >= 0.3 is 5.91 Å². The van der Waals surface area contributed by atoms with E-state index in [2.05, 4.69) is 34.6 Å². The van der Waals surface area contributed by atoms with Gasteiger partial charge in [-0.1, -0.05) is 34.1 Å². The molecule has 3 heteroatoms. The molecule has 1 amide bonds. The molecule has 0 aromatic heterocycles. The van der Waals surface area contributed by atoms with Crippen LogP contribution in [-0.2, 0) is 4.79 Å². The van der Waals surface area contributed by atoms with Gasteiger partial charge in [-0.05, 0) is 37.0 Å². The van der Waals surface area contributed by atoms with Crippen molar-refractivity contribution < 1.29 is 9.37 Å². The maximum absolute atomic E-state index is 12.5. The molecule has 0 saturated heterocycles. The third-order valence-electron chi connectivity index (χ3n) is 5.63. The fraction of sp³-hybridized carbons (Fsp3) is 0.833. The van der Waals surface area contributed by atoms with Crippen molar-refractivity contribution in [2.24, 2.45) is 35.3 Å². The molecule has 1 fully saturated rings. The van der Waals surface area contributed by atoms with Gasteiger partial charge in [0.25, 0.3) is 5.84 Å². The molecule has 2 N–H and O–H groups in total. The molecule has 5 unspecified atom stereocenters. The summed E-state index contributed by atoms with van der Waals surface area (Å²) in [4.78, 5) is 12.5. The summed E-state index contributed by atoms with van der Waals surface area (Å²) in [6, 6.07) is 0. The lowest BCUT2D eigenvalue weighted by Gasteiger charge is -2.29. The van der Waals surface area contributed by atoms with Crippen LogP contribution in [0.15, 0.2) is 0 Å². The van der Waals surface area contributed by atoms with E-state index in [1.54, 1.807) is 4.58 Å². The second-order valence-electron chi connectivity index (χ2n) is 7.17. The molecule has 1 rings (SSSR count). The Morgan fingerprint density at radius 3 is 2.57 bits per heavy atom. The Morgan fingerprint density at radius 2 is 2.00 bits per heavy atom. The first-order chi connectivity index (χ1) is 9.77. The highest BCUT2D eigenvalue weighted by atomic mass is 16.2. The number of amidine groups is 1. The van der Waals surface area contributed by atoms with Gasteiger partial charge in [-0.2, -0.15) is 0 Å². The number of nitrogens with zero attached hydrogens (tertiary/aromatic N) is 1. The molecule has 120 valence electrons. The van der Waals surface area contributed by atoms with Gasteiger partial charge < -0.3 is 0 Å². The van der Waals surface area contributed by atoms with Crippen molar-refractivity contribution in [3.63, 3.8) is 0 Å². The van der Waals surface area contributed by atoms with Gasteiger partial charge in [0.15, 0.2) is 0 Å². The van der Waals surface area contributed by atoms with Crippen LogP contribution >= 0.6 is 0 Å². The van der Waals surface area contributed by atoms with Crippen LogP contribution < -0.4 is 5.73 Å². The van der Waals surface area contributed by atoms with E-state index < -0.39 is 0 Å². The van der Waals surface area contributed by atoms with Gasteiger partial charge in [0.2, 0.25) is 0 Å². The summed E-state index contributed by atoms with van der Waals surface area (Å²) in [6.45, 7) is 12.9. The summed E-state index contributed by atoms with van der Waals surface area (Å²) < 4.78 is 1.69. The second kappa shape index (κ2) is 7.86. The average Bonchev–Trinajstić information content (AvgIpc) is 2.47. The lowest BCUT2D eigenvalue weighted by Crippen LogP contribution is -2.38. The first kappa shape index (κ1) is 18.1. The van der Waals surface area contributed by atoms with Crippen molar-refractivity contribution in [3.8, 4) is 0 Å². The van der Waals surface area contributed by atoms with Crippen LogP contribution in [0.25, 0.3) is 0 Å². The Morgan fingerprint density at radius 1 is 1.38 bits per heavy atom. The summed E-state index contributed by atoms with van der Waals surface area (Å²) in [6.07, 6.45) is 5.14. The maximum atomic E-state index is 12.5. The number of hydrogen-bond acceptors (Lipinski definition) is 1. The first-order valence-corrected chi connectivity index (χ1v) is 8.49. The normalized spacial score (nSPS) is 30.4. The molecule has 1 aliphatic rings. The quantitative estimate of drug-likeness (QED) is 0.365. The number of rotatable bonds is 5. The van der Waals surface area contributed by atoms with Gasteiger partial charge in [0.05, 0.1) is 32.2 Å². The van der Waals surface area contributed by atoms with E-state index in [0.29, 0.717) is 35.9 Å². The molecule has 1 aliphatic carbocycles. The van der Waals surface area contributed by atoms with Crippen molar-refractivity contribution in [1.82, 2.24) is 0 Å². The highest BCUT2D eigenvalue weighted by Gasteiger charge is 2.32. The Labute approximate surface area is 131 Å². The van der Waals surface area contributed by atoms with Gasteiger partial charge in [0, 0.05) is 0 Å². The number of amides is 1. The Hall–Kier alpha value is -0.990. The number of nitrogens with two attached hydrogens (primary N) is 1. The zero-order chi connectivity index (χ0) is 16.2. The minimum atomic E-state index is 0.161. The van der Waals surface area contributed by atoms with Crippen molar-refractivity contribution in [3.05, 3.63) is 6.92 Å². The molecule has 0 bridgehead atoms. The van der Waals surface area contributed by atoms with Gasteiger partial charge in [-0.3, -0.25) is 5.73 Å². The van der Waals surface area contributed by atoms with Crippen molar-refractivity contribution in [2.75, 3.05) is 7.05 Å². The Balaban J connectivity index is 2.73. The Kier molecular flexibility index (Phi) is 6.76. The zero-order valence-corrected chi connectivity index (χ0v) is 14.6. The maximum Gasteiger partial charge on any atom is 0.309 e. The molecule has 0 aromatic rings. The smallest absolute Gasteiger partial charge is 0.290 e. The van der Waals surface area contributed by atoms with E-state index in [9.17, 15) is 4.79 Å². The molecule has 3 nitrogen and oxygen atoms in total. The minimum Gasteiger partial charge on any atom is -0.290 e. The third kappa shape index (κ3) is 4.76. The third-order valence-corrected chi connectivity index (χ3v) is 5.63. The van der Waals surface area contributed by atoms with E-state index in [4.69, 9.17) is 5.73 Å². The van der Waals surface area contributed by atoms with Crippen LogP contribution in [-0.4, -0.2) is 23.4 Å². The highest BCUT2D eigenvalue weighted by Crippen LogP contribution is 2.35. The Bertz CT molecular complexity index is 389. The van der Waals surface area contributed by atoms with Crippen LogP contribution in [0.4, 0.5) is 0 Å². The molecule has 5 atom stereocenters. The average molecular weight is 294 g/mol. The highest BCUT2D eigenvalue weighted by molar-refractivity contribution is 5.84. The summed E-state index contributed by atoms with van der Waals surface area (Å²) >= 11 is 0. The summed E-state index contributed by atoms with van der Waals surface area (Å²) in [5, 5.41) is 0. The fourth-order valence-electron chi connectivity index (χ4n) is 3.25. The largest absolute Gasteiger partial charge is 0.309 e. The van der Waals surface area contributed by atoms with Crippen LogP contribution in [0.1, 0.15) is 59.8 Å². The van der Waals surface area contributed by atoms with Gasteiger partial charge in [0.1, 0.15) is 0 Å². The SMILES string of the molecule is [CH2+]C1CCC(C)C(CC(=O)[N+](C)=C(N)C(C)C(C)CC)C1. The summed E-state index contributed by atoms with van der Waals surface area (Å²) in [5.41, 5.74) is 6.21. The zero-order valence-electron chi connectivity index (χ0n) is 14.6. The molecule has 0 aliphatic heterocycles. The number of hydrogen-bond donors (Lipinski definition) is 1. The molecule has 0 spiro atoms. The standard InChI is InChI=1S/C18H33N2O/c1-7-13(3)15(5)18(19)20(6)17(21)11-16-10-12(2)8-9-14(16)4/h12-16,19H,2,7-11H2,1,3-6H3/q+1/p+1. The number of carbonyl (C=O) groups excluding carboxylic acids is 1. The molecule has 0 heterocycles. The van der Waals surface area contributed by atoms with Crippen molar-refractivity contribution >= 4 is 11.7 Å². The van der Waals surface area contributed by atoms with Gasteiger partial charge in [-0.25, -0.2) is 9.37 Å². The van der Waals surface area contributed by atoms with Crippen molar-refractivity contribution in [1.29, 1.82) is 0 Å². The van der Waals surface area contributed by atoms with Crippen molar-refractivity contribution in [2.45, 2.75) is 59.8 Å². The molecular weight excluding hydrogens is 260 g/mol. The summed E-state index contributed by atoms with van der Waals surface area (Å²) in [7, 11) is 1.83. The first-order valence-electron chi connectivity index (χ1n) is 8.49. The van der Waals surface area contributed by atoms with Gasteiger partial charge in [-0.15, -0.1) is 0 Å². The van der Waals surface area contributed by atoms with Crippen LogP contribution in [0.2, 0.25) is 0 Å². The van der Waals surface area contributed by atoms with E-state index in [0.717, 1.165) is 12.8 Å². The molecule has 0 radical (unpaired) electrons. The lowest BCUT2D eigenvalue weighted by molar-refractivity contribution is -0.423. The number of carbonyl (C=O) groups is 1. The van der Waals surface area contributed by atoms with Crippen LogP contribution in [0, 0.1) is 36.5 Å². The van der Waals surface area contributed by atoms with Crippen LogP contribution in [0.5, 0.6) is 0 Å². The topological polar surface area (TPSA) is 46.1 Å². The lowest BCUT2D eigenvalue weighted by atomic mass is 9.74.